The summed E-state index contributed by atoms with van der Waals surface area (Å²) >= 11 is 0. The fourth-order valence-electron chi connectivity index (χ4n) is 4.62. The smallest absolute Gasteiger partial charge is 0.317 e. The van der Waals surface area contributed by atoms with Gasteiger partial charge in [0.1, 0.15) is 0 Å². The zero-order valence-corrected chi connectivity index (χ0v) is 16.8. The van der Waals surface area contributed by atoms with Crippen LogP contribution in [0.4, 0.5) is 4.79 Å². The second kappa shape index (κ2) is 10.3. The largest absolute Gasteiger partial charge is 0.379 e. The van der Waals surface area contributed by atoms with Crippen molar-refractivity contribution in [2.24, 2.45) is 0 Å². The monoisotopic (exact) mass is 380 g/mol. The van der Waals surface area contributed by atoms with Crippen molar-refractivity contribution in [2.75, 3.05) is 52.5 Å². The van der Waals surface area contributed by atoms with Crippen LogP contribution in [-0.2, 0) is 9.53 Å². The molecule has 1 saturated carbocycles. The van der Waals surface area contributed by atoms with Gasteiger partial charge in [0, 0.05) is 58.3 Å². The molecule has 7 nitrogen and oxygen atoms in total. The Hall–Kier alpha value is -1.34. The van der Waals surface area contributed by atoms with E-state index in [0.717, 1.165) is 78.0 Å². The number of piperidine rings is 1. The maximum absolute atomic E-state index is 12.6. The molecule has 2 heterocycles. The van der Waals surface area contributed by atoms with Gasteiger partial charge in [0.2, 0.25) is 5.91 Å². The number of carbonyl (C=O) groups is 2. The first-order valence-corrected chi connectivity index (χ1v) is 10.8. The Morgan fingerprint density at radius 2 is 1.81 bits per heavy atom. The minimum Gasteiger partial charge on any atom is -0.379 e. The lowest BCUT2D eigenvalue weighted by molar-refractivity contribution is -0.132. The Morgan fingerprint density at radius 3 is 2.52 bits per heavy atom. The van der Waals surface area contributed by atoms with Crippen molar-refractivity contribution in [1.29, 1.82) is 0 Å². The molecule has 3 fully saturated rings. The van der Waals surface area contributed by atoms with Crippen molar-refractivity contribution in [1.82, 2.24) is 20.0 Å². The molecule has 1 unspecified atom stereocenters. The third-order valence-corrected chi connectivity index (χ3v) is 6.19. The van der Waals surface area contributed by atoms with Crippen molar-refractivity contribution < 1.29 is 14.3 Å². The molecule has 1 N–H and O–H groups in total. The van der Waals surface area contributed by atoms with Gasteiger partial charge in [0.25, 0.3) is 0 Å². The van der Waals surface area contributed by atoms with Crippen LogP contribution in [-0.4, -0.2) is 91.2 Å². The summed E-state index contributed by atoms with van der Waals surface area (Å²) in [7, 11) is 0. The van der Waals surface area contributed by atoms with Crippen LogP contribution in [0.25, 0.3) is 0 Å². The number of hydrogen-bond donors (Lipinski definition) is 1. The molecular formula is C20H36N4O3. The minimum atomic E-state index is 0.0587. The molecule has 0 radical (unpaired) electrons. The molecule has 3 rings (SSSR count). The molecule has 2 aliphatic heterocycles. The van der Waals surface area contributed by atoms with Crippen LogP contribution in [0.15, 0.2) is 0 Å². The molecule has 0 bridgehead atoms. The molecule has 0 spiro atoms. The molecule has 154 valence electrons. The third kappa shape index (κ3) is 6.07. The third-order valence-electron chi connectivity index (χ3n) is 6.19. The average molecular weight is 381 g/mol. The summed E-state index contributed by atoms with van der Waals surface area (Å²) in [6.45, 7) is 8.49. The number of likely N-dealkylation sites (tertiary alicyclic amines) is 1. The standard InChI is InChI=1S/C20H36N4O3/c1-17(25)24(11-5-9-22-12-14-27-15-13-22)19-8-4-10-23(16-19)20(26)21-18-6-2-3-7-18/h18-19H,2-16H2,1H3,(H,21,26). The molecule has 3 aliphatic rings. The highest BCUT2D eigenvalue weighted by atomic mass is 16.5. The van der Waals surface area contributed by atoms with Gasteiger partial charge in [-0.25, -0.2) is 4.79 Å². The fraction of sp³-hybridized carbons (Fsp3) is 0.900. The van der Waals surface area contributed by atoms with Crippen molar-refractivity contribution in [3.8, 4) is 0 Å². The van der Waals surface area contributed by atoms with Crippen LogP contribution < -0.4 is 5.32 Å². The van der Waals surface area contributed by atoms with E-state index in [1.165, 1.54) is 12.8 Å². The molecule has 7 heteroatoms. The molecule has 0 aromatic rings. The predicted molar refractivity (Wildman–Crippen MR) is 105 cm³/mol. The van der Waals surface area contributed by atoms with E-state index in [4.69, 9.17) is 4.74 Å². The Labute approximate surface area is 163 Å². The van der Waals surface area contributed by atoms with E-state index < -0.39 is 0 Å². The van der Waals surface area contributed by atoms with Gasteiger partial charge < -0.3 is 19.9 Å². The number of amides is 3. The van der Waals surface area contributed by atoms with Gasteiger partial charge in [0.05, 0.1) is 13.2 Å². The van der Waals surface area contributed by atoms with Gasteiger partial charge in [-0.3, -0.25) is 9.69 Å². The van der Waals surface area contributed by atoms with Crippen LogP contribution in [0.1, 0.15) is 51.9 Å². The first-order chi connectivity index (χ1) is 13.1. The summed E-state index contributed by atoms with van der Waals surface area (Å²) in [4.78, 5) is 31.2. The number of morpholine rings is 1. The SMILES string of the molecule is CC(=O)N(CCCN1CCOCC1)C1CCCN(C(=O)NC2CCCC2)C1. The maximum atomic E-state index is 12.6. The van der Waals surface area contributed by atoms with Crippen LogP contribution >= 0.6 is 0 Å². The molecule has 27 heavy (non-hydrogen) atoms. The molecule has 0 aromatic carbocycles. The van der Waals surface area contributed by atoms with E-state index in [1.807, 2.05) is 9.80 Å². The Morgan fingerprint density at radius 1 is 1.07 bits per heavy atom. The number of nitrogens with zero attached hydrogens (tertiary/aromatic N) is 3. The van der Waals surface area contributed by atoms with Crippen LogP contribution in [0.2, 0.25) is 0 Å². The van der Waals surface area contributed by atoms with E-state index in [-0.39, 0.29) is 18.0 Å². The van der Waals surface area contributed by atoms with Crippen LogP contribution in [0.5, 0.6) is 0 Å². The molecule has 1 aliphatic carbocycles. The van der Waals surface area contributed by atoms with Crippen molar-refractivity contribution in [3.05, 3.63) is 0 Å². The molecular weight excluding hydrogens is 344 g/mol. The lowest BCUT2D eigenvalue weighted by Gasteiger charge is -2.39. The fourth-order valence-corrected chi connectivity index (χ4v) is 4.62. The topological polar surface area (TPSA) is 65.1 Å². The highest BCUT2D eigenvalue weighted by molar-refractivity contribution is 5.76. The highest BCUT2D eigenvalue weighted by Crippen LogP contribution is 2.20. The van der Waals surface area contributed by atoms with Gasteiger partial charge in [-0.15, -0.1) is 0 Å². The predicted octanol–water partition coefficient (Wildman–Crippen LogP) is 1.67. The molecule has 2 saturated heterocycles. The number of ether oxygens (including phenoxy) is 1. The van der Waals surface area contributed by atoms with Crippen molar-refractivity contribution in [3.63, 3.8) is 0 Å². The zero-order chi connectivity index (χ0) is 19.1. The van der Waals surface area contributed by atoms with Gasteiger partial charge in [-0.05, 0) is 32.1 Å². The minimum absolute atomic E-state index is 0.0587. The summed E-state index contributed by atoms with van der Waals surface area (Å²) < 4.78 is 5.39. The van der Waals surface area contributed by atoms with E-state index in [0.29, 0.717) is 12.6 Å². The highest BCUT2D eigenvalue weighted by Gasteiger charge is 2.30. The zero-order valence-electron chi connectivity index (χ0n) is 16.8. The van der Waals surface area contributed by atoms with Crippen LogP contribution in [0.3, 0.4) is 0 Å². The van der Waals surface area contributed by atoms with Gasteiger partial charge in [0.15, 0.2) is 0 Å². The lowest BCUT2D eigenvalue weighted by atomic mass is 10.0. The Bertz CT molecular complexity index is 490. The maximum Gasteiger partial charge on any atom is 0.317 e. The number of nitrogens with one attached hydrogen (secondary N) is 1. The van der Waals surface area contributed by atoms with Crippen molar-refractivity contribution >= 4 is 11.9 Å². The molecule has 1 atom stereocenters. The summed E-state index contributed by atoms with van der Waals surface area (Å²) in [5, 5.41) is 3.19. The normalized spacial score (nSPS) is 24.8. The average Bonchev–Trinajstić information content (AvgIpc) is 3.19. The summed E-state index contributed by atoms with van der Waals surface area (Å²) in [6, 6.07) is 0.550. The van der Waals surface area contributed by atoms with E-state index in [9.17, 15) is 9.59 Å². The van der Waals surface area contributed by atoms with Crippen molar-refractivity contribution in [2.45, 2.75) is 64.0 Å². The number of carbonyl (C=O) groups excluding carboxylic acids is 2. The van der Waals surface area contributed by atoms with Gasteiger partial charge >= 0.3 is 6.03 Å². The summed E-state index contributed by atoms with van der Waals surface area (Å²) in [5.74, 6) is 0.125. The summed E-state index contributed by atoms with van der Waals surface area (Å²) in [5.41, 5.74) is 0. The number of urea groups is 1. The van der Waals surface area contributed by atoms with E-state index in [1.54, 1.807) is 6.92 Å². The Kier molecular flexibility index (Phi) is 7.76. The number of hydrogen-bond acceptors (Lipinski definition) is 4. The molecule has 0 aromatic heterocycles. The summed E-state index contributed by atoms with van der Waals surface area (Å²) in [6.07, 6.45) is 7.57. The van der Waals surface area contributed by atoms with E-state index >= 15 is 0 Å². The van der Waals surface area contributed by atoms with E-state index in [2.05, 4.69) is 10.2 Å². The lowest BCUT2D eigenvalue weighted by Crippen LogP contribution is -2.54. The first-order valence-electron chi connectivity index (χ1n) is 10.8. The Balaban J connectivity index is 1.46. The van der Waals surface area contributed by atoms with Gasteiger partial charge in [-0.1, -0.05) is 12.8 Å². The van der Waals surface area contributed by atoms with Gasteiger partial charge in [-0.2, -0.15) is 0 Å². The quantitative estimate of drug-likeness (QED) is 0.761. The molecule has 3 amide bonds. The second-order valence-electron chi connectivity index (χ2n) is 8.19. The van der Waals surface area contributed by atoms with Crippen LogP contribution in [0, 0.1) is 0 Å². The first kappa shape index (κ1) is 20.4. The second-order valence-corrected chi connectivity index (χ2v) is 8.19. The number of rotatable bonds is 6.